The summed E-state index contributed by atoms with van der Waals surface area (Å²) in [6.07, 6.45) is 4.66. The van der Waals surface area contributed by atoms with Gasteiger partial charge in [-0.1, -0.05) is 26.3 Å². The van der Waals surface area contributed by atoms with Crippen LogP contribution in [0.25, 0.3) is 0 Å². The molecule has 378 valence electrons. The van der Waals surface area contributed by atoms with Gasteiger partial charge < -0.3 is 20.1 Å². The summed E-state index contributed by atoms with van der Waals surface area (Å²) in [5.74, 6) is -5.19. The molecule has 2 heterocycles. The molecule has 0 aliphatic carbocycles. The quantitative estimate of drug-likeness (QED) is 0.0343. The summed E-state index contributed by atoms with van der Waals surface area (Å²) in [6, 6.07) is 3.92. The number of rotatable bonds is 24. The number of nitrogens with one attached hydrogen (secondary N) is 1. The highest BCUT2D eigenvalue weighted by Gasteiger charge is 2.49. The predicted octanol–water partition coefficient (Wildman–Crippen LogP) is 3.16. The van der Waals surface area contributed by atoms with Gasteiger partial charge in [0, 0.05) is 66.0 Å². The Kier molecular flexibility index (Phi) is 17.4. The number of benzene rings is 2. The van der Waals surface area contributed by atoms with Crippen LogP contribution in [0.3, 0.4) is 0 Å². The molecule has 2 aliphatic heterocycles. The first kappa shape index (κ1) is 55.9. The number of amides is 1. The molecular formula is C40H54N3O20S5+. The Morgan fingerprint density at radius 1 is 0.691 bits per heavy atom. The van der Waals surface area contributed by atoms with Crippen LogP contribution in [0.2, 0.25) is 0 Å². The second kappa shape index (κ2) is 21.1. The number of carbonyl (C=O) groups excluding carboxylic acids is 2. The Bertz CT molecular complexity index is 3010. The largest absolute Gasteiger partial charge is 0.481 e. The summed E-state index contributed by atoms with van der Waals surface area (Å²) in [4.78, 5) is 38.5. The molecule has 0 aromatic heterocycles. The molecular weight excluding hydrogens is 1000 g/mol. The average molecular weight is 1060 g/mol. The number of esters is 1. The molecule has 0 saturated heterocycles. The summed E-state index contributed by atoms with van der Waals surface area (Å²) in [5.41, 5.74) is -2.18. The van der Waals surface area contributed by atoms with Gasteiger partial charge in [-0.3, -0.25) is 32.4 Å². The highest BCUT2D eigenvalue weighted by molar-refractivity contribution is 7.86. The number of hydrogen-bond acceptors (Lipinski definition) is 15. The van der Waals surface area contributed by atoms with Crippen LogP contribution in [0.4, 0.5) is 11.4 Å². The van der Waals surface area contributed by atoms with E-state index in [1.807, 2.05) is 0 Å². The van der Waals surface area contributed by atoms with E-state index in [-0.39, 0.29) is 79.1 Å². The number of carboxylic acid groups (broad SMARTS) is 1. The lowest BCUT2D eigenvalue weighted by Gasteiger charge is -2.27. The number of unbranched alkanes of at least 4 members (excludes halogenated alkanes) is 2. The third-order valence-corrected chi connectivity index (χ3v) is 15.2. The van der Waals surface area contributed by atoms with Crippen LogP contribution in [0, 0.1) is 0 Å². The predicted molar refractivity (Wildman–Crippen MR) is 245 cm³/mol. The van der Waals surface area contributed by atoms with Gasteiger partial charge in [0.25, 0.3) is 56.5 Å². The van der Waals surface area contributed by atoms with E-state index in [1.165, 1.54) is 27.7 Å². The van der Waals surface area contributed by atoms with Gasteiger partial charge in [0.05, 0.1) is 45.3 Å². The topological polar surface area (TPSA) is 371 Å². The van der Waals surface area contributed by atoms with Crippen molar-refractivity contribution in [3.8, 4) is 0 Å². The zero-order chi connectivity index (χ0) is 51.4. The Balaban J connectivity index is 1.93. The van der Waals surface area contributed by atoms with Gasteiger partial charge in [-0.05, 0) is 63.8 Å². The number of aliphatic carboxylic acids is 1. The van der Waals surface area contributed by atoms with Crippen LogP contribution in [-0.2, 0) is 71.0 Å². The van der Waals surface area contributed by atoms with Gasteiger partial charge in [0.2, 0.25) is 5.69 Å². The highest BCUT2D eigenvalue weighted by atomic mass is 32.2. The molecule has 28 heteroatoms. The molecule has 2 aliphatic rings. The minimum atomic E-state index is -5.05. The summed E-state index contributed by atoms with van der Waals surface area (Å²) >= 11 is 0. The van der Waals surface area contributed by atoms with Crippen molar-refractivity contribution in [2.75, 3.05) is 48.4 Å². The monoisotopic (exact) mass is 1060 g/mol. The Morgan fingerprint density at radius 3 is 1.82 bits per heavy atom. The van der Waals surface area contributed by atoms with E-state index in [4.69, 9.17) is 14.4 Å². The van der Waals surface area contributed by atoms with Crippen molar-refractivity contribution >= 4 is 85.5 Å². The number of carboxylic acids is 1. The molecule has 0 saturated carbocycles. The second-order valence-electron chi connectivity index (χ2n) is 17.0. The summed E-state index contributed by atoms with van der Waals surface area (Å²) in [7, 11) is -23.5. The molecule has 0 radical (unpaired) electrons. The minimum Gasteiger partial charge on any atom is -0.481 e. The molecule has 68 heavy (non-hydrogen) atoms. The van der Waals surface area contributed by atoms with Crippen molar-refractivity contribution in [1.29, 1.82) is 0 Å². The van der Waals surface area contributed by atoms with Gasteiger partial charge >= 0.3 is 11.9 Å². The maximum absolute atomic E-state index is 13.9. The first-order chi connectivity index (χ1) is 31.1. The fourth-order valence-corrected chi connectivity index (χ4v) is 10.8. The van der Waals surface area contributed by atoms with Crippen molar-refractivity contribution in [3.63, 3.8) is 0 Å². The van der Waals surface area contributed by atoms with Crippen molar-refractivity contribution in [2.24, 2.45) is 0 Å². The normalized spacial score (nSPS) is 16.6. The van der Waals surface area contributed by atoms with Crippen molar-refractivity contribution in [3.05, 3.63) is 70.4 Å². The van der Waals surface area contributed by atoms with E-state index >= 15 is 0 Å². The lowest BCUT2D eigenvalue weighted by atomic mass is 9.78. The highest BCUT2D eigenvalue weighted by Crippen LogP contribution is 2.51. The standard InChI is InChI=1S/C40H53N3O20S5/c1-39(2)32(42(16-9-19-64(48,49)50)30-24-26(67(57,58)59)22-28(35(30)39)37(46)41-15-7-5-6-14-34(44)45)12-8-13-33-40(3,4)36-29(38(47)63-18-11-21-66(54,55)56)23-27(68(60,61)62)25-31(36)43(33)17-10-20-65(51,52)53/h8,12-13,22-25H,5-7,9-11,14-21H2,1-4H3,(H6-,41,44,45,46,48,49,50,51,52,53,54,55,56,57,58,59,60,61,62)/p+1. The van der Waals surface area contributed by atoms with E-state index in [0.717, 1.165) is 24.3 Å². The Hall–Kier alpha value is -4.65. The van der Waals surface area contributed by atoms with Crippen LogP contribution in [0.15, 0.2) is 58.0 Å². The van der Waals surface area contributed by atoms with Crippen molar-refractivity contribution in [2.45, 2.75) is 93.3 Å². The van der Waals surface area contributed by atoms with Crippen LogP contribution in [-0.4, -0.2) is 142 Å². The van der Waals surface area contributed by atoms with Crippen LogP contribution in [0.1, 0.15) is 104 Å². The molecule has 23 nitrogen and oxygen atoms in total. The van der Waals surface area contributed by atoms with Gasteiger partial charge in [0.15, 0.2) is 5.71 Å². The zero-order valence-electron chi connectivity index (χ0n) is 37.3. The van der Waals surface area contributed by atoms with Gasteiger partial charge in [0.1, 0.15) is 11.4 Å². The van der Waals surface area contributed by atoms with E-state index < -0.39 is 118 Å². The lowest BCUT2D eigenvalue weighted by molar-refractivity contribution is -0.437. The van der Waals surface area contributed by atoms with E-state index in [9.17, 15) is 74.7 Å². The molecule has 0 atom stereocenters. The van der Waals surface area contributed by atoms with Gasteiger partial charge in [-0.2, -0.15) is 46.7 Å². The smallest absolute Gasteiger partial charge is 0.338 e. The third kappa shape index (κ3) is 14.5. The van der Waals surface area contributed by atoms with Crippen LogP contribution in [0.5, 0.6) is 0 Å². The van der Waals surface area contributed by atoms with E-state index in [1.54, 1.807) is 27.7 Å². The SMILES string of the molecule is CC1(C)C(/C=C/C=C2/N(CCCS(=O)(=O)O)c3cc(S(=O)(=O)O)cc(C(=O)NCCCCCC(=O)O)c3C2(C)C)=[N+](CCCS(=O)(=O)O)c2cc(S(=O)(=O)O)cc(C(=O)OCCCS(=O)(=O)O)c21. The van der Waals surface area contributed by atoms with E-state index in [0.29, 0.717) is 25.0 Å². The Labute approximate surface area is 394 Å². The average Bonchev–Trinajstić information content (AvgIpc) is 3.53. The zero-order valence-corrected chi connectivity index (χ0v) is 41.4. The number of anilines is 1. The Morgan fingerprint density at radius 2 is 1.25 bits per heavy atom. The summed E-state index contributed by atoms with van der Waals surface area (Å²) < 4.78 is 175. The van der Waals surface area contributed by atoms with Crippen LogP contribution >= 0.6 is 0 Å². The molecule has 0 bridgehead atoms. The first-order valence-corrected chi connectivity index (χ1v) is 28.4. The maximum Gasteiger partial charge on any atom is 0.338 e. The number of allylic oxidation sites excluding steroid dienone is 4. The second-order valence-corrected chi connectivity index (χ2v) is 24.6. The van der Waals surface area contributed by atoms with Crippen molar-refractivity contribution in [1.82, 2.24) is 5.32 Å². The summed E-state index contributed by atoms with van der Waals surface area (Å²) in [5, 5.41) is 11.6. The molecule has 0 unspecified atom stereocenters. The number of fused-ring (bicyclic) bond motifs is 2. The molecule has 4 rings (SSSR count). The fraction of sp³-hybridized carbons (Fsp3) is 0.500. The number of nitrogens with zero attached hydrogens (tertiary/aromatic N) is 2. The number of hydrogen-bond donors (Lipinski definition) is 7. The number of carbonyl (C=O) groups is 3. The molecule has 0 spiro atoms. The minimum absolute atomic E-state index is 0.0200. The van der Waals surface area contributed by atoms with Gasteiger partial charge in [-0.25, -0.2) is 4.79 Å². The summed E-state index contributed by atoms with van der Waals surface area (Å²) in [6.45, 7) is 5.60. The lowest BCUT2D eigenvalue weighted by Crippen LogP contribution is -2.30. The third-order valence-electron chi connectivity index (χ3n) is 11.1. The molecule has 7 N–H and O–H groups in total. The first-order valence-electron chi connectivity index (χ1n) is 20.7. The van der Waals surface area contributed by atoms with E-state index in [2.05, 4.69) is 5.32 Å². The van der Waals surface area contributed by atoms with Gasteiger partial charge in [-0.15, -0.1) is 0 Å². The van der Waals surface area contributed by atoms with Crippen molar-refractivity contribution < 1.29 is 93.7 Å². The maximum atomic E-state index is 13.9. The molecule has 2 aromatic carbocycles. The number of ether oxygens (including phenoxy) is 1. The van der Waals surface area contributed by atoms with Crippen LogP contribution < -0.4 is 10.2 Å². The fourth-order valence-electron chi connectivity index (χ4n) is 8.25. The molecule has 2 aromatic rings. The molecule has 0 fully saturated rings. The molecule has 1 amide bonds.